The molecular formula is C37H39F3N6O5. The van der Waals surface area contributed by atoms with Crippen molar-refractivity contribution < 1.29 is 37.5 Å². The average molecular weight is 705 g/mol. The average Bonchev–Trinajstić information content (AvgIpc) is 3.12. The highest BCUT2D eigenvalue weighted by Crippen LogP contribution is 2.25. The number of carbonyl (C=O) groups excluding carboxylic acids is 3. The largest absolute Gasteiger partial charge is 0.490 e. The molecule has 0 heterocycles. The number of carboxylic acid groups (broad SMARTS) is 1. The van der Waals surface area contributed by atoms with Crippen molar-refractivity contribution >= 4 is 29.7 Å². The van der Waals surface area contributed by atoms with Crippen molar-refractivity contribution in [1.82, 2.24) is 16.0 Å². The summed E-state index contributed by atoms with van der Waals surface area (Å²) in [6.45, 7) is 0.996. The van der Waals surface area contributed by atoms with Crippen molar-refractivity contribution in [3.05, 3.63) is 143 Å². The molecule has 0 unspecified atom stereocenters. The summed E-state index contributed by atoms with van der Waals surface area (Å²) in [4.78, 5) is 52.4. The second-order valence-corrected chi connectivity index (χ2v) is 11.2. The Morgan fingerprint density at radius 2 is 1.14 bits per heavy atom. The van der Waals surface area contributed by atoms with Crippen molar-refractivity contribution in [2.24, 2.45) is 16.5 Å². The third-order valence-electron chi connectivity index (χ3n) is 7.33. The van der Waals surface area contributed by atoms with Crippen LogP contribution in [0, 0.1) is 0 Å². The van der Waals surface area contributed by atoms with Crippen LogP contribution in [-0.4, -0.2) is 53.5 Å². The number of carbonyl (C=O) groups is 4. The molecule has 4 aromatic carbocycles. The smallest absolute Gasteiger partial charge is 0.475 e. The topological polar surface area (TPSA) is 189 Å². The summed E-state index contributed by atoms with van der Waals surface area (Å²) in [6.07, 6.45) is -4.23. The van der Waals surface area contributed by atoms with Crippen LogP contribution in [0.5, 0.6) is 0 Å². The van der Waals surface area contributed by atoms with E-state index in [1.165, 1.54) is 0 Å². The molecule has 0 aliphatic rings. The van der Waals surface area contributed by atoms with Gasteiger partial charge in [0.2, 0.25) is 11.8 Å². The molecule has 14 heteroatoms. The Hall–Kier alpha value is -6.18. The Labute approximate surface area is 293 Å². The molecule has 0 saturated heterocycles. The molecule has 0 radical (unpaired) electrons. The van der Waals surface area contributed by atoms with Gasteiger partial charge in [0, 0.05) is 25.2 Å². The molecule has 0 aromatic heterocycles. The molecule has 8 N–H and O–H groups in total. The number of benzene rings is 4. The van der Waals surface area contributed by atoms with Gasteiger partial charge >= 0.3 is 12.1 Å². The van der Waals surface area contributed by atoms with Gasteiger partial charge in [0.05, 0.1) is 5.92 Å². The summed E-state index contributed by atoms with van der Waals surface area (Å²) < 4.78 is 31.7. The molecule has 11 nitrogen and oxygen atoms in total. The summed E-state index contributed by atoms with van der Waals surface area (Å²) in [5.41, 5.74) is 15.0. The lowest BCUT2D eigenvalue weighted by atomic mass is 9.90. The van der Waals surface area contributed by atoms with Gasteiger partial charge in [0.1, 0.15) is 6.04 Å². The first-order valence-electron chi connectivity index (χ1n) is 15.8. The predicted molar refractivity (Wildman–Crippen MR) is 186 cm³/mol. The summed E-state index contributed by atoms with van der Waals surface area (Å²) in [7, 11) is 0. The fraction of sp³-hybridized carbons (Fsp3) is 0.216. The van der Waals surface area contributed by atoms with Crippen LogP contribution in [0.3, 0.4) is 0 Å². The van der Waals surface area contributed by atoms with Crippen molar-refractivity contribution in [2.75, 3.05) is 6.54 Å². The minimum absolute atomic E-state index is 0.0219. The van der Waals surface area contributed by atoms with Crippen LogP contribution >= 0.6 is 0 Å². The highest BCUT2D eigenvalue weighted by atomic mass is 19.4. The van der Waals surface area contributed by atoms with Crippen LogP contribution in [0.15, 0.2) is 120 Å². The second-order valence-electron chi connectivity index (χ2n) is 11.2. The van der Waals surface area contributed by atoms with Gasteiger partial charge in [-0.25, -0.2) is 4.79 Å². The number of rotatable bonds is 14. The van der Waals surface area contributed by atoms with Crippen LogP contribution in [-0.2, 0) is 27.5 Å². The van der Waals surface area contributed by atoms with E-state index >= 15 is 0 Å². The Balaban J connectivity index is 0.000000908. The summed E-state index contributed by atoms with van der Waals surface area (Å²) in [6, 6.07) is 34.8. The fourth-order valence-corrected chi connectivity index (χ4v) is 4.77. The Kier molecular flexibility index (Phi) is 15.2. The van der Waals surface area contributed by atoms with E-state index < -0.39 is 24.1 Å². The minimum Gasteiger partial charge on any atom is -0.475 e. The molecule has 51 heavy (non-hydrogen) atoms. The highest BCUT2D eigenvalue weighted by molar-refractivity contribution is 5.94. The normalized spacial score (nSPS) is 11.3. The van der Waals surface area contributed by atoms with Crippen LogP contribution in [0.1, 0.15) is 51.4 Å². The maximum atomic E-state index is 13.7. The van der Waals surface area contributed by atoms with Gasteiger partial charge in [0.25, 0.3) is 5.91 Å². The highest BCUT2D eigenvalue weighted by Gasteiger charge is 2.38. The van der Waals surface area contributed by atoms with Gasteiger partial charge < -0.3 is 32.5 Å². The third-order valence-corrected chi connectivity index (χ3v) is 7.33. The van der Waals surface area contributed by atoms with Crippen LogP contribution in [0.4, 0.5) is 13.2 Å². The number of hydrogen-bond donors (Lipinski definition) is 6. The first-order chi connectivity index (χ1) is 24.3. The SMILES string of the molecule is NC(N)=NCCC[C@@H](NC(=O)C(c1ccccc1)c1ccccc1)C(=O)NCc1ccc(CNC(=O)c2ccccc2)cc1.O=C(O)C(F)(F)F. The lowest BCUT2D eigenvalue weighted by Crippen LogP contribution is -2.48. The summed E-state index contributed by atoms with van der Waals surface area (Å²) in [5, 5.41) is 16.0. The maximum Gasteiger partial charge on any atom is 0.490 e. The number of alkyl halides is 3. The molecule has 0 bridgehead atoms. The third kappa shape index (κ3) is 13.7. The minimum atomic E-state index is -5.08. The van der Waals surface area contributed by atoms with Crippen molar-refractivity contribution in [3.63, 3.8) is 0 Å². The zero-order valence-corrected chi connectivity index (χ0v) is 27.5. The molecule has 1 atom stereocenters. The maximum absolute atomic E-state index is 13.7. The monoisotopic (exact) mass is 704 g/mol. The lowest BCUT2D eigenvalue weighted by Gasteiger charge is -2.23. The number of nitrogens with two attached hydrogens (primary N) is 2. The quantitative estimate of drug-likeness (QED) is 0.0643. The molecule has 0 aliphatic heterocycles. The van der Waals surface area contributed by atoms with E-state index in [1.807, 2.05) is 103 Å². The number of carboxylic acids is 1. The molecule has 4 aromatic rings. The molecule has 3 amide bonds. The van der Waals surface area contributed by atoms with E-state index in [1.54, 1.807) is 12.1 Å². The number of aliphatic imine (C=N–C) groups is 1. The Morgan fingerprint density at radius 3 is 1.59 bits per heavy atom. The molecule has 4 rings (SSSR count). The number of hydrogen-bond acceptors (Lipinski definition) is 5. The Morgan fingerprint density at radius 1 is 0.686 bits per heavy atom. The summed E-state index contributed by atoms with van der Waals surface area (Å²) in [5.74, 6) is -4.08. The molecule has 0 saturated carbocycles. The molecular weight excluding hydrogens is 665 g/mol. The van der Waals surface area contributed by atoms with E-state index in [9.17, 15) is 27.6 Å². The predicted octanol–water partition coefficient (Wildman–Crippen LogP) is 4.24. The van der Waals surface area contributed by atoms with Crippen LogP contribution in [0.25, 0.3) is 0 Å². The number of halogens is 3. The van der Waals surface area contributed by atoms with Gasteiger partial charge in [-0.05, 0) is 47.2 Å². The molecule has 268 valence electrons. The number of aliphatic carboxylic acids is 1. The van der Waals surface area contributed by atoms with E-state index in [0.717, 1.165) is 22.3 Å². The van der Waals surface area contributed by atoms with Gasteiger partial charge in [-0.2, -0.15) is 13.2 Å². The zero-order chi connectivity index (χ0) is 37.2. The summed E-state index contributed by atoms with van der Waals surface area (Å²) >= 11 is 0. The molecule has 0 fully saturated rings. The van der Waals surface area contributed by atoms with Gasteiger partial charge in [0.15, 0.2) is 5.96 Å². The van der Waals surface area contributed by atoms with Gasteiger partial charge in [-0.3, -0.25) is 19.4 Å². The number of nitrogens with zero attached hydrogens (tertiary/aromatic N) is 1. The van der Waals surface area contributed by atoms with E-state index in [-0.39, 0.29) is 30.2 Å². The van der Waals surface area contributed by atoms with Crippen LogP contribution < -0.4 is 27.4 Å². The number of amides is 3. The number of guanidine groups is 1. The van der Waals surface area contributed by atoms with E-state index in [4.69, 9.17) is 21.4 Å². The Bertz CT molecular complexity index is 1700. The van der Waals surface area contributed by atoms with Gasteiger partial charge in [-0.15, -0.1) is 0 Å². The standard InChI is InChI=1S/C35H38N6O3.C2HF3O2/c36-35(37)38-22-10-17-30(41-34(44)31(27-11-4-1-5-12-27)28-13-6-2-7-14-28)33(43)40-24-26-20-18-25(19-21-26)23-39-32(42)29-15-8-3-9-16-29;3-2(4,5)1(6)7/h1-9,11-16,18-21,30-31H,10,17,22-24H2,(H,39,42)(H,40,43)(H,41,44)(H4,36,37,38);(H,6,7)/t30-;/m1./s1. The van der Waals surface area contributed by atoms with Crippen molar-refractivity contribution in [2.45, 2.75) is 44.1 Å². The molecule has 0 aliphatic carbocycles. The van der Waals surface area contributed by atoms with E-state index in [0.29, 0.717) is 31.5 Å². The fourth-order valence-electron chi connectivity index (χ4n) is 4.77. The lowest BCUT2D eigenvalue weighted by molar-refractivity contribution is -0.192. The number of nitrogens with one attached hydrogen (secondary N) is 3. The second kappa shape index (κ2) is 19.7. The first-order valence-corrected chi connectivity index (χ1v) is 15.8. The van der Waals surface area contributed by atoms with E-state index in [2.05, 4.69) is 20.9 Å². The molecule has 0 spiro atoms. The van der Waals surface area contributed by atoms with Gasteiger partial charge in [-0.1, -0.05) is 103 Å². The van der Waals surface area contributed by atoms with Crippen molar-refractivity contribution in [3.8, 4) is 0 Å². The zero-order valence-electron chi connectivity index (χ0n) is 27.5. The van der Waals surface area contributed by atoms with Crippen molar-refractivity contribution in [1.29, 1.82) is 0 Å². The van der Waals surface area contributed by atoms with Crippen LogP contribution in [0.2, 0.25) is 0 Å². The first kappa shape index (κ1) is 39.3.